The number of hydrogen-bond donors (Lipinski definition) is 1. The fourth-order valence-electron chi connectivity index (χ4n) is 2.97. The molecule has 0 spiro atoms. The maximum atomic E-state index is 5.83. The molecule has 4 heteroatoms. The number of rotatable bonds is 7. The van der Waals surface area contributed by atoms with E-state index < -0.39 is 0 Å². The Bertz CT molecular complexity index is 448. The van der Waals surface area contributed by atoms with Crippen molar-refractivity contribution >= 4 is 0 Å². The van der Waals surface area contributed by atoms with Crippen molar-refractivity contribution in [2.45, 2.75) is 65.5 Å². The van der Waals surface area contributed by atoms with Crippen LogP contribution < -0.4 is 5.32 Å². The monoisotopic (exact) mass is 291 g/mol. The molecule has 1 aliphatic rings. The predicted octanol–water partition coefficient (Wildman–Crippen LogP) is 3.59. The van der Waals surface area contributed by atoms with Crippen LogP contribution in [0, 0.1) is 5.92 Å². The van der Waals surface area contributed by atoms with Gasteiger partial charge in [-0.15, -0.1) is 0 Å². The van der Waals surface area contributed by atoms with E-state index in [1.54, 1.807) is 0 Å². The van der Waals surface area contributed by atoms with Crippen LogP contribution in [0.2, 0.25) is 0 Å². The summed E-state index contributed by atoms with van der Waals surface area (Å²) < 4.78 is 5.83. The lowest BCUT2D eigenvalue weighted by molar-refractivity contribution is 0.0229. The Morgan fingerprint density at radius 3 is 2.86 bits per heavy atom. The maximum Gasteiger partial charge on any atom is 0.157 e. The molecule has 1 aromatic rings. The smallest absolute Gasteiger partial charge is 0.157 e. The number of nitrogens with one attached hydrogen (secondary N) is 1. The van der Waals surface area contributed by atoms with E-state index in [4.69, 9.17) is 9.72 Å². The van der Waals surface area contributed by atoms with E-state index in [0.29, 0.717) is 18.6 Å². The van der Waals surface area contributed by atoms with Crippen molar-refractivity contribution in [2.24, 2.45) is 5.92 Å². The van der Waals surface area contributed by atoms with Gasteiger partial charge in [-0.25, -0.2) is 9.97 Å². The number of fused-ring (bicyclic) bond motifs is 1. The molecule has 0 aromatic carbocycles. The van der Waals surface area contributed by atoms with Gasteiger partial charge in [0.2, 0.25) is 0 Å². The summed E-state index contributed by atoms with van der Waals surface area (Å²) in [6.45, 7) is 10.3. The minimum absolute atomic E-state index is 0.00396. The summed E-state index contributed by atoms with van der Waals surface area (Å²) in [5, 5.41) is 3.61. The zero-order valence-corrected chi connectivity index (χ0v) is 13.9. The summed E-state index contributed by atoms with van der Waals surface area (Å²) in [4.78, 5) is 9.45. The van der Waals surface area contributed by atoms with Gasteiger partial charge in [-0.2, -0.15) is 0 Å². The van der Waals surface area contributed by atoms with Gasteiger partial charge in [0.05, 0.1) is 0 Å². The molecule has 0 fully saturated rings. The molecule has 0 saturated heterocycles. The largest absolute Gasteiger partial charge is 0.370 e. The summed E-state index contributed by atoms with van der Waals surface area (Å²) in [6, 6.07) is 0.423. The number of aromatic nitrogens is 2. The zero-order valence-electron chi connectivity index (χ0n) is 13.9. The van der Waals surface area contributed by atoms with Gasteiger partial charge in [0, 0.05) is 30.1 Å². The van der Waals surface area contributed by atoms with Crippen LogP contribution in [0.4, 0.5) is 0 Å². The van der Waals surface area contributed by atoms with Crippen molar-refractivity contribution in [2.75, 3.05) is 13.2 Å². The lowest BCUT2D eigenvalue weighted by atomic mass is 9.92. The topological polar surface area (TPSA) is 47.0 Å². The average molecular weight is 291 g/mol. The lowest BCUT2D eigenvalue weighted by Crippen LogP contribution is -2.27. The normalized spacial score (nSPS) is 19.6. The number of aryl methyl sites for hydroxylation is 1. The van der Waals surface area contributed by atoms with Gasteiger partial charge in [0.1, 0.15) is 6.10 Å². The third-order valence-corrected chi connectivity index (χ3v) is 4.05. The van der Waals surface area contributed by atoms with E-state index in [-0.39, 0.29) is 6.10 Å². The van der Waals surface area contributed by atoms with E-state index in [0.717, 1.165) is 25.2 Å². The molecule has 1 aliphatic carbocycles. The average Bonchev–Trinajstić information content (AvgIpc) is 2.49. The Balaban J connectivity index is 2.21. The van der Waals surface area contributed by atoms with Gasteiger partial charge in [-0.3, -0.25) is 0 Å². The molecule has 4 nitrogen and oxygen atoms in total. The van der Waals surface area contributed by atoms with Gasteiger partial charge in [0.15, 0.2) is 5.82 Å². The van der Waals surface area contributed by atoms with Gasteiger partial charge >= 0.3 is 0 Å². The van der Waals surface area contributed by atoms with E-state index in [1.807, 2.05) is 13.1 Å². The van der Waals surface area contributed by atoms with Gasteiger partial charge in [-0.1, -0.05) is 20.8 Å². The molecule has 0 amide bonds. The minimum atomic E-state index is 0.00396. The van der Waals surface area contributed by atoms with Crippen LogP contribution in [0.3, 0.4) is 0 Å². The Hall–Kier alpha value is -1.00. The van der Waals surface area contributed by atoms with Crippen molar-refractivity contribution in [1.82, 2.24) is 15.3 Å². The van der Waals surface area contributed by atoms with Crippen LogP contribution in [-0.2, 0) is 11.2 Å². The predicted molar refractivity (Wildman–Crippen MR) is 85.2 cm³/mol. The van der Waals surface area contributed by atoms with Crippen LogP contribution in [0.15, 0.2) is 6.20 Å². The van der Waals surface area contributed by atoms with E-state index >= 15 is 0 Å². The second kappa shape index (κ2) is 7.85. The Kier molecular flexibility index (Phi) is 6.12. The quantitative estimate of drug-likeness (QED) is 0.834. The van der Waals surface area contributed by atoms with Crippen molar-refractivity contribution in [3.63, 3.8) is 0 Å². The van der Waals surface area contributed by atoms with Crippen LogP contribution in [0.25, 0.3) is 0 Å². The molecule has 0 aliphatic heterocycles. The van der Waals surface area contributed by atoms with Crippen molar-refractivity contribution < 1.29 is 4.74 Å². The summed E-state index contributed by atoms with van der Waals surface area (Å²) in [7, 11) is 0. The molecule has 0 saturated carbocycles. The van der Waals surface area contributed by atoms with Crippen molar-refractivity contribution in [3.8, 4) is 0 Å². The number of hydrogen-bond acceptors (Lipinski definition) is 4. The highest BCUT2D eigenvalue weighted by Gasteiger charge is 2.25. The molecule has 0 bridgehead atoms. The third kappa shape index (κ3) is 4.01. The molecule has 1 N–H and O–H groups in total. The number of nitrogens with zero attached hydrogens (tertiary/aromatic N) is 2. The summed E-state index contributed by atoms with van der Waals surface area (Å²) >= 11 is 0. The summed E-state index contributed by atoms with van der Waals surface area (Å²) in [6.07, 6.45) is 6.64. The molecule has 2 rings (SSSR count). The highest BCUT2D eigenvalue weighted by molar-refractivity contribution is 5.25. The van der Waals surface area contributed by atoms with Gasteiger partial charge in [-0.05, 0) is 45.1 Å². The molecule has 21 heavy (non-hydrogen) atoms. The fourth-order valence-corrected chi connectivity index (χ4v) is 2.97. The highest BCUT2D eigenvalue weighted by Crippen LogP contribution is 2.30. The molecule has 2 atom stereocenters. The Labute approximate surface area is 128 Å². The van der Waals surface area contributed by atoms with Crippen LogP contribution in [-0.4, -0.2) is 23.1 Å². The first-order valence-corrected chi connectivity index (χ1v) is 8.38. The zero-order chi connectivity index (χ0) is 15.2. The molecule has 0 radical (unpaired) electrons. The molecular formula is C17H29N3O. The number of ether oxygens (including phenoxy) is 1. The van der Waals surface area contributed by atoms with Gasteiger partial charge in [0.25, 0.3) is 0 Å². The Morgan fingerprint density at radius 2 is 2.19 bits per heavy atom. The summed E-state index contributed by atoms with van der Waals surface area (Å²) in [5.74, 6) is 1.24. The van der Waals surface area contributed by atoms with Crippen LogP contribution >= 0.6 is 0 Å². The van der Waals surface area contributed by atoms with Crippen molar-refractivity contribution in [3.05, 3.63) is 23.3 Å². The first-order chi connectivity index (χ1) is 10.2. The van der Waals surface area contributed by atoms with E-state index in [9.17, 15) is 0 Å². The second-order valence-electron chi connectivity index (χ2n) is 6.15. The third-order valence-electron chi connectivity index (χ3n) is 4.05. The molecule has 1 heterocycles. The first kappa shape index (κ1) is 16.4. The molecule has 1 aromatic heterocycles. The van der Waals surface area contributed by atoms with Gasteiger partial charge < -0.3 is 10.1 Å². The van der Waals surface area contributed by atoms with E-state index in [2.05, 4.69) is 31.1 Å². The molecule has 2 unspecified atom stereocenters. The standard InChI is InChI=1S/C17H29N3O/c1-5-10-18-14-8-7-9-15-13(14)11-19-17(20-15)16(12(3)4)21-6-2/h11-12,14,16,18H,5-10H2,1-4H3. The maximum absolute atomic E-state index is 5.83. The summed E-state index contributed by atoms with van der Waals surface area (Å²) in [5.41, 5.74) is 2.50. The first-order valence-electron chi connectivity index (χ1n) is 8.38. The highest BCUT2D eigenvalue weighted by atomic mass is 16.5. The Morgan fingerprint density at radius 1 is 1.38 bits per heavy atom. The van der Waals surface area contributed by atoms with Crippen molar-refractivity contribution in [1.29, 1.82) is 0 Å². The lowest BCUT2D eigenvalue weighted by Gasteiger charge is -2.27. The van der Waals surface area contributed by atoms with E-state index in [1.165, 1.54) is 24.1 Å². The fraction of sp³-hybridized carbons (Fsp3) is 0.765. The SMILES string of the molecule is CCCNC1CCCc2nc(C(OCC)C(C)C)ncc21. The van der Waals surface area contributed by atoms with Crippen LogP contribution in [0.1, 0.15) is 76.2 Å². The van der Waals surface area contributed by atoms with Crippen LogP contribution in [0.5, 0.6) is 0 Å². The molecular weight excluding hydrogens is 262 g/mol. The molecule has 118 valence electrons. The minimum Gasteiger partial charge on any atom is -0.370 e. The second-order valence-corrected chi connectivity index (χ2v) is 6.15.